The summed E-state index contributed by atoms with van der Waals surface area (Å²) in [7, 11) is 1.60. The lowest BCUT2D eigenvalue weighted by Gasteiger charge is -2.44. The average molecular weight is 535 g/mol. The van der Waals surface area contributed by atoms with E-state index in [1.54, 1.807) is 32.2 Å². The van der Waals surface area contributed by atoms with Gasteiger partial charge in [0, 0.05) is 36.7 Å². The first-order valence-corrected chi connectivity index (χ1v) is 13.9. The van der Waals surface area contributed by atoms with E-state index in [1.165, 1.54) is 17.4 Å². The van der Waals surface area contributed by atoms with Crippen LogP contribution >= 0.6 is 0 Å². The fourth-order valence-corrected chi connectivity index (χ4v) is 6.37. The smallest absolute Gasteiger partial charge is 0.271 e. The minimum atomic E-state index is -1.21. The number of methoxy groups -OCH3 is 1. The number of fused-ring (bicyclic) bond motifs is 3. The van der Waals surface area contributed by atoms with E-state index in [0.717, 1.165) is 37.0 Å². The molecule has 208 valence electrons. The number of rotatable bonds is 8. The van der Waals surface area contributed by atoms with Crippen LogP contribution in [0.3, 0.4) is 0 Å². The first-order chi connectivity index (χ1) is 18.7. The fraction of sp³-hybridized carbons (Fsp3) is 0.484. The molecule has 0 bridgehead atoms. The van der Waals surface area contributed by atoms with Gasteiger partial charge in [-0.2, -0.15) is 0 Å². The Kier molecular flexibility index (Phi) is 7.67. The highest BCUT2D eigenvalue weighted by molar-refractivity contribution is 6.03. The second kappa shape index (κ2) is 11.0. The zero-order chi connectivity index (χ0) is 27.7. The topological polar surface area (TPSA) is 66.8 Å². The number of nitrogens with zero attached hydrogens (tertiary/aromatic N) is 3. The molecule has 0 saturated carbocycles. The van der Waals surface area contributed by atoms with Gasteiger partial charge in [-0.05, 0) is 62.4 Å². The minimum Gasteiger partial charge on any atom is -0.497 e. The third kappa shape index (κ3) is 5.39. The molecule has 3 heterocycles. The number of amides is 2. The molecule has 0 spiro atoms. The number of hydrogen-bond donors (Lipinski definition) is 1. The fourth-order valence-electron chi connectivity index (χ4n) is 6.37. The van der Waals surface area contributed by atoms with Gasteiger partial charge in [0.25, 0.3) is 5.91 Å². The molecule has 7 nitrogen and oxygen atoms in total. The van der Waals surface area contributed by atoms with E-state index in [4.69, 9.17) is 4.74 Å². The van der Waals surface area contributed by atoms with E-state index in [-0.39, 0.29) is 24.9 Å². The van der Waals surface area contributed by atoms with Gasteiger partial charge >= 0.3 is 0 Å². The van der Waals surface area contributed by atoms with E-state index in [9.17, 15) is 14.0 Å². The summed E-state index contributed by atoms with van der Waals surface area (Å²) in [5.74, 6) is 1.13. The summed E-state index contributed by atoms with van der Waals surface area (Å²) in [6, 6.07) is 13.9. The number of carbonyl (C=O) groups excluding carboxylic acids is 2. The number of piperidine rings is 1. The summed E-state index contributed by atoms with van der Waals surface area (Å²) in [4.78, 5) is 31.8. The highest BCUT2D eigenvalue weighted by Gasteiger charge is 2.47. The van der Waals surface area contributed by atoms with Gasteiger partial charge in [0.2, 0.25) is 5.91 Å². The Hall–Kier alpha value is -3.39. The Morgan fingerprint density at radius 3 is 2.59 bits per heavy atom. The summed E-state index contributed by atoms with van der Waals surface area (Å²) in [6.07, 6.45) is 2.09. The molecule has 8 heteroatoms. The van der Waals surface area contributed by atoms with E-state index < -0.39 is 11.4 Å². The summed E-state index contributed by atoms with van der Waals surface area (Å²) in [5.41, 5.74) is 0.475. The number of aromatic nitrogens is 1. The number of carbonyl (C=O) groups is 2. The van der Waals surface area contributed by atoms with E-state index in [2.05, 4.69) is 24.1 Å². The molecule has 5 rings (SSSR count). The molecule has 3 aromatic rings. The summed E-state index contributed by atoms with van der Waals surface area (Å²) in [5, 5.41) is 4.00. The van der Waals surface area contributed by atoms with Crippen molar-refractivity contribution in [1.82, 2.24) is 19.7 Å². The Bertz CT molecular complexity index is 1360. The highest BCUT2D eigenvalue weighted by atomic mass is 19.1. The predicted octanol–water partition coefficient (Wildman–Crippen LogP) is 4.69. The maximum Gasteiger partial charge on any atom is 0.271 e. The molecule has 0 unspecified atom stereocenters. The lowest BCUT2D eigenvalue weighted by molar-refractivity contribution is -0.133. The number of nitrogens with one attached hydrogen (secondary N) is 1. The standard InChI is InChI=1S/C31H39FN4O3/c1-21-14-22(2)18-34(17-21)13-7-12-33-30(38)31(3)20-35-27-16-25(39-4)11-10-23(27)15-28(35)29(37)36(31)19-24-8-5-6-9-26(24)32/h5-6,8-11,15-16,21-22H,7,12-14,17-20H2,1-4H3,(H,33,38)/t21-,22+,31-/m1/s1. The first-order valence-electron chi connectivity index (χ1n) is 13.9. The quantitative estimate of drug-likeness (QED) is 0.426. The van der Waals surface area contributed by atoms with E-state index in [1.807, 2.05) is 28.8 Å². The zero-order valence-corrected chi connectivity index (χ0v) is 23.4. The molecule has 2 aliphatic rings. The van der Waals surface area contributed by atoms with Gasteiger partial charge < -0.3 is 24.4 Å². The van der Waals surface area contributed by atoms with Crippen LogP contribution in [0.25, 0.3) is 10.9 Å². The lowest BCUT2D eigenvalue weighted by Crippen LogP contribution is -2.63. The van der Waals surface area contributed by atoms with Gasteiger partial charge in [0.15, 0.2) is 0 Å². The molecule has 1 N–H and O–H groups in total. The molecule has 2 amide bonds. The van der Waals surface area contributed by atoms with Crippen LogP contribution in [0, 0.1) is 17.7 Å². The van der Waals surface area contributed by atoms with Crippen molar-refractivity contribution in [3.8, 4) is 5.75 Å². The summed E-state index contributed by atoms with van der Waals surface area (Å²) >= 11 is 0. The van der Waals surface area contributed by atoms with E-state index >= 15 is 0 Å². The molecular formula is C31H39FN4O3. The van der Waals surface area contributed by atoms with Crippen LogP contribution < -0.4 is 10.1 Å². The second-order valence-corrected chi connectivity index (χ2v) is 11.6. The molecule has 0 aliphatic carbocycles. The van der Waals surface area contributed by atoms with Crippen LogP contribution in [0.4, 0.5) is 4.39 Å². The number of benzene rings is 2. The normalized spacial score (nSPS) is 23.6. The lowest BCUT2D eigenvalue weighted by atomic mass is 9.92. The van der Waals surface area contributed by atoms with Crippen LogP contribution in [0.1, 0.15) is 49.7 Å². The summed E-state index contributed by atoms with van der Waals surface area (Å²) in [6.45, 7) is 10.3. The Morgan fingerprint density at radius 2 is 1.87 bits per heavy atom. The third-order valence-electron chi connectivity index (χ3n) is 8.29. The second-order valence-electron chi connectivity index (χ2n) is 11.6. The number of ether oxygens (including phenoxy) is 1. The predicted molar refractivity (Wildman–Crippen MR) is 150 cm³/mol. The van der Waals surface area contributed by atoms with Crippen LogP contribution in [0.15, 0.2) is 48.5 Å². The largest absolute Gasteiger partial charge is 0.497 e. The van der Waals surface area contributed by atoms with Gasteiger partial charge in [0.1, 0.15) is 22.8 Å². The van der Waals surface area contributed by atoms with Crippen molar-refractivity contribution in [2.45, 2.75) is 52.2 Å². The van der Waals surface area contributed by atoms with Gasteiger partial charge in [-0.25, -0.2) is 4.39 Å². The zero-order valence-electron chi connectivity index (χ0n) is 23.4. The van der Waals surface area contributed by atoms with Crippen molar-refractivity contribution in [1.29, 1.82) is 0 Å². The highest BCUT2D eigenvalue weighted by Crippen LogP contribution is 2.35. The molecule has 0 radical (unpaired) electrons. The van der Waals surface area contributed by atoms with Crippen molar-refractivity contribution in [2.24, 2.45) is 11.8 Å². The van der Waals surface area contributed by atoms with Crippen molar-refractivity contribution in [2.75, 3.05) is 33.3 Å². The average Bonchev–Trinajstić information content (AvgIpc) is 3.26. The Balaban J connectivity index is 1.39. The van der Waals surface area contributed by atoms with Crippen LogP contribution in [0.2, 0.25) is 0 Å². The molecule has 2 aliphatic heterocycles. The number of hydrogen-bond acceptors (Lipinski definition) is 4. The third-order valence-corrected chi connectivity index (χ3v) is 8.29. The SMILES string of the molecule is COc1ccc2cc3n(c2c1)C[C@](C)(C(=O)NCCCN1C[C@H](C)C[C@H](C)C1)N(Cc1ccccc1F)C3=O. The monoisotopic (exact) mass is 534 g/mol. The maximum atomic E-state index is 14.7. The molecule has 2 aromatic carbocycles. The van der Waals surface area contributed by atoms with Crippen LogP contribution in [-0.4, -0.2) is 65.0 Å². The van der Waals surface area contributed by atoms with Gasteiger partial charge in [-0.3, -0.25) is 9.59 Å². The van der Waals surface area contributed by atoms with Crippen molar-refractivity contribution in [3.05, 3.63) is 65.6 Å². The van der Waals surface area contributed by atoms with Crippen LogP contribution in [-0.2, 0) is 17.9 Å². The number of likely N-dealkylation sites (tertiary alicyclic amines) is 1. The van der Waals surface area contributed by atoms with Gasteiger partial charge in [-0.1, -0.05) is 32.0 Å². The Labute approximate surface area is 229 Å². The van der Waals surface area contributed by atoms with E-state index in [0.29, 0.717) is 35.4 Å². The van der Waals surface area contributed by atoms with Crippen molar-refractivity contribution >= 4 is 22.7 Å². The molecule has 3 atom stereocenters. The molecule has 39 heavy (non-hydrogen) atoms. The van der Waals surface area contributed by atoms with Crippen LogP contribution in [0.5, 0.6) is 5.75 Å². The first kappa shape index (κ1) is 27.2. The molecular weight excluding hydrogens is 495 g/mol. The Morgan fingerprint density at radius 1 is 1.13 bits per heavy atom. The maximum absolute atomic E-state index is 14.7. The van der Waals surface area contributed by atoms with Gasteiger partial charge in [-0.15, -0.1) is 0 Å². The molecule has 1 saturated heterocycles. The number of halogens is 1. The van der Waals surface area contributed by atoms with Crippen molar-refractivity contribution in [3.63, 3.8) is 0 Å². The van der Waals surface area contributed by atoms with Gasteiger partial charge in [0.05, 0.1) is 25.7 Å². The molecule has 1 aromatic heterocycles. The van der Waals surface area contributed by atoms with Crippen molar-refractivity contribution < 1.29 is 18.7 Å². The molecule has 1 fully saturated rings. The minimum absolute atomic E-state index is 0.00380. The summed E-state index contributed by atoms with van der Waals surface area (Å²) < 4.78 is 22.0.